The third-order valence-corrected chi connectivity index (χ3v) is 4.62. The van der Waals surface area contributed by atoms with E-state index in [4.69, 9.17) is 0 Å². The molecular formula is C17H16F4N4O2. The number of benzene rings is 1. The van der Waals surface area contributed by atoms with Gasteiger partial charge in [-0.25, -0.2) is 8.78 Å². The molecule has 1 saturated carbocycles. The monoisotopic (exact) mass is 384 g/mol. The Labute approximate surface area is 151 Å². The van der Waals surface area contributed by atoms with E-state index in [-0.39, 0.29) is 23.8 Å². The third kappa shape index (κ3) is 3.43. The summed E-state index contributed by atoms with van der Waals surface area (Å²) in [6.45, 7) is -2.69. The molecule has 144 valence electrons. The van der Waals surface area contributed by atoms with Crippen LogP contribution in [-0.2, 0) is 4.79 Å². The summed E-state index contributed by atoms with van der Waals surface area (Å²) in [5.74, 6) is -2.83. The molecule has 10 heteroatoms. The molecule has 0 spiro atoms. The zero-order chi connectivity index (χ0) is 19.2. The summed E-state index contributed by atoms with van der Waals surface area (Å²) >= 11 is 0. The Bertz CT molecular complexity index is 857. The minimum atomic E-state index is -3.00. The molecule has 2 aromatic rings. The van der Waals surface area contributed by atoms with Crippen molar-refractivity contribution in [2.45, 2.75) is 37.5 Å². The number of aromatic nitrogens is 2. The van der Waals surface area contributed by atoms with Crippen LogP contribution in [0, 0.1) is 0 Å². The van der Waals surface area contributed by atoms with E-state index in [1.807, 2.05) is 0 Å². The summed E-state index contributed by atoms with van der Waals surface area (Å²) in [4.78, 5) is 14.0. The highest BCUT2D eigenvalue weighted by molar-refractivity contribution is 6.02. The standard InChI is InChI=1S/C17H16F4N4O2/c18-16(19)27-12-4-2-1-3-11(12)24-7-5-10(15(24)26)22-14-6-8-25(23-14)13-9-17(13,20)21/h1-4,6,8,10,13,16H,5,7,9H2,(H,22,23). The van der Waals surface area contributed by atoms with Gasteiger partial charge in [0.05, 0.1) is 5.69 Å². The molecule has 2 unspecified atom stereocenters. The summed E-state index contributed by atoms with van der Waals surface area (Å²) in [5, 5.41) is 6.98. The number of hydrogen-bond acceptors (Lipinski definition) is 4. The molecule has 1 aromatic heterocycles. The maximum absolute atomic E-state index is 13.1. The van der Waals surface area contributed by atoms with Crippen molar-refractivity contribution in [3.05, 3.63) is 36.5 Å². The molecule has 1 amide bonds. The summed E-state index contributed by atoms with van der Waals surface area (Å²) in [6, 6.07) is 6.01. The number of carbonyl (C=O) groups is 1. The number of amides is 1. The van der Waals surface area contributed by atoms with E-state index in [0.29, 0.717) is 18.8 Å². The van der Waals surface area contributed by atoms with Crippen molar-refractivity contribution in [3.63, 3.8) is 0 Å². The Kier molecular flexibility index (Phi) is 4.20. The number of alkyl halides is 4. The van der Waals surface area contributed by atoms with Crippen molar-refractivity contribution in [1.82, 2.24) is 9.78 Å². The van der Waals surface area contributed by atoms with Crippen LogP contribution in [0.15, 0.2) is 36.5 Å². The number of ether oxygens (including phenoxy) is 1. The van der Waals surface area contributed by atoms with Crippen LogP contribution in [0.2, 0.25) is 0 Å². The second-order valence-corrected chi connectivity index (χ2v) is 6.48. The fraction of sp³-hybridized carbons (Fsp3) is 0.412. The second kappa shape index (κ2) is 6.43. The molecule has 1 N–H and O–H groups in total. The largest absolute Gasteiger partial charge is 0.433 e. The molecule has 6 nitrogen and oxygen atoms in total. The number of nitrogens with one attached hydrogen (secondary N) is 1. The Hall–Kier alpha value is -2.78. The second-order valence-electron chi connectivity index (χ2n) is 6.48. The Morgan fingerprint density at radius 3 is 2.70 bits per heavy atom. The van der Waals surface area contributed by atoms with Gasteiger partial charge < -0.3 is 15.0 Å². The van der Waals surface area contributed by atoms with Gasteiger partial charge in [-0.1, -0.05) is 12.1 Å². The zero-order valence-corrected chi connectivity index (χ0v) is 14.0. The van der Waals surface area contributed by atoms with E-state index in [1.165, 1.54) is 40.0 Å². The highest BCUT2D eigenvalue weighted by atomic mass is 19.3. The van der Waals surface area contributed by atoms with Gasteiger partial charge in [0.15, 0.2) is 0 Å². The molecule has 1 aromatic carbocycles. The topological polar surface area (TPSA) is 59.4 Å². The molecule has 2 aliphatic rings. The SMILES string of the molecule is O=C1C(Nc2ccn(C3CC3(F)F)n2)CCN1c1ccccc1OC(F)F. The van der Waals surface area contributed by atoms with Gasteiger partial charge in [0.25, 0.3) is 5.92 Å². The average molecular weight is 384 g/mol. The first-order valence-corrected chi connectivity index (χ1v) is 8.40. The first kappa shape index (κ1) is 17.6. The van der Waals surface area contributed by atoms with Crippen molar-refractivity contribution in [2.75, 3.05) is 16.8 Å². The lowest BCUT2D eigenvalue weighted by atomic mass is 10.2. The van der Waals surface area contributed by atoms with Gasteiger partial charge in [0.2, 0.25) is 5.91 Å². The lowest BCUT2D eigenvalue weighted by molar-refractivity contribution is -0.117. The molecule has 27 heavy (non-hydrogen) atoms. The third-order valence-electron chi connectivity index (χ3n) is 4.62. The molecular weight excluding hydrogens is 368 g/mol. The van der Waals surface area contributed by atoms with Crippen LogP contribution in [0.1, 0.15) is 18.9 Å². The molecule has 1 aliphatic heterocycles. The fourth-order valence-corrected chi connectivity index (χ4v) is 3.18. The van der Waals surface area contributed by atoms with Crippen molar-refractivity contribution in [3.8, 4) is 5.75 Å². The van der Waals surface area contributed by atoms with E-state index in [9.17, 15) is 22.4 Å². The molecule has 1 saturated heterocycles. The van der Waals surface area contributed by atoms with E-state index in [0.717, 1.165) is 0 Å². The van der Waals surface area contributed by atoms with Crippen LogP contribution < -0.4 is 15.0 Å². The first-order chi connectivity index (χ1) is 12.8. The molecule has 0 bridgehead atoms. The molecule has 2 atom stereocenters. The summed E-state index contributed by atoms with van der Waals surface area (Å²) < 4.78 is 57.1. The highest BCUT2D eigenvalue weighted by Gasteiger charge is 2.59. The van der Waals surface area contributed by atoms with E-state index < -0.39 is 24.6 Å². The Balaban J connectivity index is 1.45. The molecule has 4 rings (SSSR count). The smallest absolute Gasteiger partial charge is 0.387 e. The van der Waals surface area contributed by atoms with Gasteiger partial charge in [-0.05, 0) is 18.6 Å². The quantitative estimate of drug-likeness (QED) is 0.777. The number of halogens is 4. The van der Waals surface area contributed by atoms with Crippen molar-refractivity contribution >= 4 is 17.4 Å². The lowest BCUT2D eigenvalue weighted by Gasteiger charge is -2.20. The van der Waals surface area contributed by atoms with Crippen molar-refractivity contribution in [2.24, 2.45) is 0 Å². The maximum atomic E-state index is 13.1. The number of rotatable bonds is 6. The minimum absolute atomic E-state index is 0.0817. The van der Waals surface area contributed by atoms with E-state index >= 15 is 0 Å². The fourth-order valence-electron chi connectivity index (χ4n) is 3.18. The average Bonchev–Trinajstić information content (AvgIpc) is 2.95. The van der Waals surface area contributed by atoms with Gasteiger partial charge in [0, 0.05) is 25.2 Å². The van der Waals surface area contributed by atoms with Crippen LogP contribution in [0.3, 0.4) is 0 Å². The van der Waals surface area contributed by atoms with Gasteiger partial charge >= 0.3 is 6.61 Å². The number of para-hydroxylation sites is 2. The van der Waals surface area contributed by atoms with Crippen LogP contribution in [-0.4, -0.2) is 40.8 Å². The van der Waals surface area contributed by atoms with Crippen LogP contribution >= 0.6 is 0 Å². The lowest BCUT2D eigenvalue weighted by Crippen LogP contribution is -2.33. The van der Waals surface area contributed by atoms with E-state index in [2.05, 4.69) is 15.2 Å². The summed E-state index contributed by atoms with van der Waals surface area (Å²) in [6.07, 6.45) is 1.61. The predicted octanol–water partition coefficient (Wildman–Crippen LogP) is 3.28. The highest BCUT2D eigenvalue weighted by Crippen LogP contribution is 2.52. The van der Waals surface area contributed by atoms with E-state index in [1.54, 1.807) is 6.07 Å². The molecule has 2 heterocycles. The minimum Gasteiger partial charge on any atom is -0.433 e. The van der Waals surface area contributed by atoms with Crippen LogP contribution in [0.5, 0.6) is 5.75 Å². The maximum Gasteiger partial charge on any atom is 0.387 e. The first-order valence-electron chi connectivity index (χ1n) is 8.40. The summed E-state index contributed by atoms with van der Waals surface area (Å²) in [7, 11) is 0. The predicted molar refractivity (Wildman–Crippen MR) is 88.3 cm³/mol. The molecule has 0 radical (unpaired) electrons. The van der Waals surface area contributed by atoms with Crippen molar-refractivity contribution in [1.29, 1.82) is 0 Å². The molecule has 1 aliphatic carbocycles. The zero-order valence-electron chi connectivity index (χ0n) is 14.0. The summed E-state index contributed by atoms with van der Waals surface area (Å²) in [5.41, 5.74) is 0.259. The van der Waals surface area contributed by atoms with Crippen molar-refractivity contribution < 1.29 is 27.1 Å². The van der Waals surface area contributed by atoms with Gasteiger partial charge in [-0.2, -0.15) is 13.9 Å². The number of hydrogen-bond donors (Lipinski definition) is 1. The van der Waals surface area contributed by atoms with Crippen LogP contribution in [0.25, 0.3) is 0 Å². The Morgan fingerprint density at radius 1 is 1.26 bits per heavy atom. The normalized spacial score (nSPS) is 23.7. The van der Waals surface area contributed by atoms with Gasteiger partial charge in [-0.15, -0.1) is 0 Å². The van der Waals surface area contributed by atoms with Gasteiger partial charge in [-0.3, -0.25) is 9.48 Å². The van der Waals surface area contributed by atoms with Crippen LogP contribution in [0.4, 0.5) is 29.1 Å². The number of carbonyl (C=O) groups excluding carboxylic acids is 1. The molecule has 2 fully saturated rings. The van der Waals surface area contributed by atoms with Gasteiger partial charge in [0.1, 0.15) is 23.7 Å². The Morgan fingerprint density at radius 2 is 2.00 bits per heavy atom. The number of anilines is 2. The number of nitrogens with zero attached hydrogens (tertiary/aromatic N) is 3.